The number of aromatic nitrogens is 1. The van der Waals surface area contributed by atoms with Crippen molar-refractivity contribution in [2.24, 2.45) is 0 Å². The van der Waals surface area contributed by atoms with Gasteiger partial charge in [-0.15, -0.1) is 0 Å². The standard InChI is InChI=1S/C24H21F3N2O/c1-13-6-5-7-22(15(13)3)29-14(2)10-17(16(29)4)11-20-19-9-8-18(24(25,26)27)12-21(19)28-23(20)30/h5-12H,1-4H3,(H,28,30)/b20-11+. The Labute approximate surface area is 172 Å². The summed E-state index contributed by atoms with van der Waals surface area (Å²) < 4.78 is 41.1. The maximum Gasteiger partial charge on any atom is 0.416 e. The third-order valence-corrected chi connectivity index (χ3v) is 5.72. The molecule has 1 aromatic heterocycles. The van der Waals surface area contributed by atoms with Gasteiger partial charge in [0, 0.05) is 33.9 Å². The van der Waals surface area contributed by atoms with Crippen LogP contribution in [-0.4, -0.2) is 10.5 Å². The van der Waals surface area contributed by atoms with Crippen LogP contribution in [0.4, 0.5) is 18.9 Å². The van der Waals surface area contributed by atoms with Crippen LogP contribution in [0.5, 0.6) is 0 Å². The predicted octanol–water partition coefficient (Wildman–Crippen LogP) is 6.22. The van der Waals surface area contributed by atoms with Crippen molar-refractivity contribution < 1.29 is 18.0 Å². The zero-order valence-electron chi connectivity index (χ0n) is 17.1. The molecule has 1 aliphatic heterocycles. The van der Waals surface area contributed by atoms with Gasteiger partial charge in [0.1, 0.15) is 0 Å². The molecule has 3 nitrogen and oxygen atoms in total. The lowest BCUT2D eigenvalue weighted by molar-refractivity contribution is -0.137. The number of anilines is 1. The van der Waals surface area contributed by atoms with Gasteiger partial charge in [-0.05, 0) is 74.7 Å². The van der Waals surface area contributed by atoms with E-state index in [0.29, 0.717) is 11.1 Å². The first-order chi connectivity index (χ1) is 14.1. The van der Waals surface area contributed by atoms with Crippen LogP contribution in [0.2, 0.25) is 0 Å². The molecule has 154 valence electrons. The molecule has 0 aliphatic carbocycles. The quantitative estimate of drug-likeness (QED) is 0.500. The Bertz CT molecular complexity index is 1220. The van der Waals surface area contributed by atoms with Crippen molar-refractivity contribution in [1.29, 1.82) is 0 Å². The molecule has 6 heteroatoms. The lowest BCUT2D eigenvalue weighted by atomic mass is 10.0. The number of halogens is 3. The van der Waals surface area contributed by atoms with Gasteiger partial charge in [-0.2, -0.15) is 13.2 Å². The number of rotatable bonds is 2. The summed E-state index contributed by atoms with van der Waals surface area (Å²) in [6.07, 6.45) is -2.71. The van der Waals surface area contributed by atoms with Crippen LogP contribution in [0.1, 0.15) is 39.2 Å². The smallest absolute Gasteiger partial charge is 0.321 e. The summed E-state index contributed by atoms with van der Waals surface area (Å²) in [6, 6.07) is 11.4. The molecule has 0 bridgehead atoms. The minimum Gasteiger partial charge on any atom is -0.321 e. The molecule has 1 aliphatic rings. The largest absolute Gasteiger partial charge is 0.416 e. The summed E-state index contributed by atoms with van der Waals surface area (Å²) in [7, 11) is 0. The number of fused-ring (bicyclic) bond motifs is 1. The van der Waals surface area contributed by atoms with Crippen molar-refractivity contribution in [2.75, 3.05) is 5.32 Å². The molecule has 0 saturated heterocycles. The first-order valence-corrected chi connectivity index (χ1v) is 9.58. The number of alkyl halides is 3. The molecule has 1 N–H and O–H groups in total. The Morgan fingerprint density at radius 2 is 1.73 bits per heavy atom. The molecule has 3 aromatic rings. The maximum atomic E-state index is 13.0. The van der Waals surface area contributed by atoms with Crippen LogP contribution in [0.25, 0.3) is 17.3 Å². The molecule has 0 unspecified atom stereocenters. The number of carbonyl (C=O) groups excluding carboxylic acids is 1. The highest BCUT2D eigenvalue weighted by Crippen LogP contribution is 2.39. The fraction of sp³-hybridized carbons (Fsp3) is 0.208. The van der Waals surface area contributed by atoms with Gasteiger partial charge in [-0.1, -0.05) is 18.2 Å². The van der Waals surface area contributed by atoms with E-state index in [0.717, 1.165) is 34.8 Å². The van der Waals surface area contributed by atoms with Gasteiger partial charge in [0.15, 0.2) is 0 Å². The molecule has 0 radical (unpaired) electrons. The summed E-state index contributed by atoms with van der Waals surface area (Å²) in [6.45, 7) is 8.10. The number of nitrogens with zero attached hydrogens (tertiary/aromatic N) is 1. The SMILES string of the molecule is Cc1cccc(-n2c(C)cc(/C=C3/C(=O)Nc4cc(C(F)(F)F)ccc43)c2C)c1C. The van der Waals surface area contributed by atoms with E-state index >= 15 is 0 Å². The van der Waals surface area contributed by atoms with Crippen molar-refractivity contribution in [1.82, 2.24) is 4.57 Å². The molecular formula is C24H21F3N2O. The summed E-state index contributed by atoms with van der Waals surface area (Å²) in [5.74, 6) is -0.402. The van der Waals surface area contributed by atoms with E-state index in [9.17, 15) is 18.0 Å². The second-order valence-electron chi connectivity index (χ2n) is 7.65. The van der Waals surface area contributed by atoms with Crippen LogP contribution in [-0.2, 0) is 11.0 Å². The molecule has 0 spiro atoms. The van der Waals surface area contributed by atoms with E-state index in [1.54, 1.807) is 6.08 Å². The second kappa shape index (κ2) is 6.90. The van der Waals surface area contributed by atoms with Crippen LogP contribution >= 0.6 is 0 Å². The van der Waals surface area contributed by atoms with Gasteiger partial charge in [0.2, 0.25) is 0 Å². The Morgan fingerprint density at radius 3 is 2.43 bits per heavy atom. The Balaban J connectivity index is 1.81. The normalized spacial score (nSPS) is 14.9. The number of aryl methyl sites for hydroxylation is 2. The number of carbonyl (C=O) groups is 1. The average Bonchev–Trinajstić information content (AvgIpc) is 3.13. The summed E-state index contributed by atoms with van der Waals surface area (Å²) in [5, 5.41) is 2.56. The lowest BCUT2D eigenvalue weighted by Gasteiger charge is -2.14. The van der Waals surface area contributed by atoms with Crippen molar-refractivity contribution in [3.63, 3.8) is 0 Å². The molecule has 0 saturated carbocycles. The number of nitrogens with one attached hydrogen (secondary N) is 1. The van der Waals surface area contributed by atoms with Gasteiger partial charge in [-0.25, -0.2) is 0 Å². The Morgan fingerprint density at radius 1 is 1.00 bits per heavy atom. The van der Waals surface area contributed by atoms with E-state index in [-0.39, 0.29) is 5.69 Å². The first kappa shape index (κ1) is 20.0. The summed E-state index contributed by atoms with van der Waals surface area (Å²) >= 11 is 0. The minimum atomic E-state index is -4.46. The average molecular weight is 410 g/mol. The van der Waals surface area contributed by atoms with Crippen LogP contribution in [0, 0.1) is 27.7 Å². The number of amides is 1. The van der Waals surface area contributed by atoms with E-state index in [1.807, 2.05) is 26.0 Å². The van der Waals surface area contributed by atoms with E-state index < -0.39 is 17.6 Å². The van der Waals surface area contributed by atoms with Crippen molar-refractivity contribution in [3.05, 3.63) is 81.7 Å². The zero-order valence-corrected chi connectivity index (χ0v) is 17.1. The predicted molar refractivity (Wildman–Crippen MR) is 113 cm³/mol. The van der Waals surface area contributed by atoms with E-state index in [4.69, 9.17) is 0 Å². The van der Waals surface area contributed by atoms with Gasteiger partial charge in [-0.3, -0.25) is 4.79 Å². The third kappa shape index (κ3) is 3.22. The highest BCUT2D eigenvalue weighted by molar-refractivity contribution is 6.35. The number of hydrogen-bond acceptors (Lipinski definition) is 1. The summed E-state index contributed by atoms with van der Waals surface area (Å²) in [5.41, 5.74) is 6.49. The molecule has 2 heterocycles. The molecule has 0 atom stereocenters. The monoisotopic (exact) mass is 410 g/mol. The highest BCUT2D eigenvalue weighted by atomic mass is 19.4. The third-order valence-electron chi connectivity index (χ3n) is 5.72. The maximum absolute atomic E-state index is 13.0. The van der Waals surface area contributed by atoms with Crippen molar-refractivity contribution >= 4 is 23.2 Å². The first-order valence-electron chi connectivity index (χ1n) is 9.58. The van der Waals surface area contributed by atoms with Gasteiger partial charge < -0.3 is 9.88 Å². The van der Waals surface area contributed by atoms with Gasteiger partial charge in [0.25, 0.3) is 5.91 Å². The molecule has 1 amide bonds. The Kier molecular flexibility index (Phi) is 4.60. The van der Waals surface area contributed by atoms with Gasteiger partial charge >= 0.3 is 6.18 Å². The second-order valence-corrected chi connectivity index (χ2v) is 7.65. The lowest BCUT2D eigenvalue weighted by Crippen LogP contribution is -2.06. The van der Waals surface area contributed by atoms with E-state index in [1.165, 1.54) is 17.2 Å². The number of benzene rings is 2. The van der Waals surface area contributed by atoms with Crippen molar-refractivity contribution in [3.8, 4) is 5.69 Å². The Hall–Kier alpha value is -3.28. The molecule has 4 rings (SSSR count). The molecule has 30 heavy (non-hydrogen) atoms. The minimum absolute atomic E-state index is 0.185. The van der Waals surface area contributed by atoms with Crippen LogP contribution in [0.15, 0.2) is 42.5 Å². The topological polar surface area (TPSA) is 34.0 Å². The highest BCUT2D eigenvalue weighted by Gasteiger charge is 2.33. The van der Waals surface area contributed by atoms with Crippen LogP contribution < -0.4 is 5.32 Å². The van der Waals surface area contributed by atoms with Crippen LogP contribution in [0.3, 0.4) is 0 Å². The van der Waals surface area contributed by atoms with Crippen molar-refractivity contribution in [2.45, 2.75) is 33.9 Å². The zero-order chi connectivity index (χ0) is 21.8. The fourth-order valence-corrected chi connectivity index (χ4v) is 3.95. The molecule has 0 fully saturated rings. The molecule has 2 aromatic carbocycles. The van der Waals surface area contributed by atoms with E-state index in [2.05, 4.69) is 35.9 Å². The number of hydrogen-bond donors (Lipinski definition) is 1. The fourth-order valence-electron chi connectivity index (χ4n) is 3.95. The molecular weight excluding hydrogens is 389 g/mol. The summed E-state index contributed by atoms with van der Waals surface area (Å²) in [4.78, 5) is 12.5. The van der Waals surface area contributed by atoms with Gasteiger partial charge in [0.05, 0.1) is 5.56 Å².